The third-order valence-electron chi connectivity index (χ3n) is 4.33. The Bertz CT molecular complexity index is 795. The minimum atomic E-state index is -0.313. The first-order chi connectivity index (χ1) is 12.7. The average Bonchev–Trinajstić information content (AvgIpc) is 2.64. The Morgan fingerprint density at radius 1 is 1.04 bits per heavy atom. The Morgan fingerprint density at radius 3 is 2.22 bits per heavy atom. The first-order valence-corrected chi connectivity index (χ1v) is 9.59. The average molecular weight is 387 g/mol. The summed E-state index contributed by atoms with van der Waals surface area (Å²) in [6.45, 7) is 8.82. The standard InChI is InChI=1S/C22H27ClN2O2/c1-5-6-15-25(21(27)18-9-7-8-10-19(18)23)24-20(26)16-11-13-17(14-12-16)22(2,3)4/h7-14H,5-6,15H2,1-4H3,(H,24,26). The summed E-state index contributed by atoms with van der Waals surface area (Å²) < 4.78 is 0. The monoisotopic (exact) mass is 386 g/mol. The third kappa shape index (κ3) is 5.57. The van der Waals surface area contributed by atoms with E-state index < -0.39 is 0 Å². The van der Waals surface area contributed by atoms with Gasteiger partial charge in [-0.05, 0) is 41.7 Å². The molecule has 0 bridgehead atoms. The molecule has 2 rings (SSSR count). The third-order valence-corrected chi connectivity index (χ3v) is 4.66. The Morgan fingerprint density at radius 2 is 1.67 bits per heavy atom. The molecule has 0 spiro atoms. The lowest BCUT2D eigenvalue weighted by Gasteiger charge is -2.24. The molecule has 2 amide bonds. The van der Waals surface area contributed by atoms with Crippen LogP contribution >= 0.6 is 11.6 Å². The van der Waals surface area contributed by atoms with E-state index in [4.69, 9.17) is 11.6 Å². The minimum Gasteiger partial charge on any atom is -0.267 e. The second-order valence-electron chi connectivity index (χ2n) is 7.56. The Balaban J connectivity index is 2.19. The van der Waals surface area contributed by atoms with Crippen molar-refractivity contribution in [1.29, 1.82) is 0 Å². The number of amides is 2. The van der Waals surface area contributed by atoms with Crippen LogP contribution < -0.4 is 5.43 Å². The van der Waals surface area contributed by atoms with Crippen molar-refractivity contribution in [1.82, 2.24) is 10.4 Å². The van der Waals surface area contributed by atoms with E-state index in [1.165, 1.54) is 5.01 Å². The molecule has 0 radical (unpaired) electrons. The van der Waals surface area contributed by atoms with E-state index in [9.17, 15) is 9.59 Å². The number of halogens is 1. The van der Waals surface area contributed by atoms with Crippen molar-refractivity contribution < 1.29 is 9.59 Å². The summed E-state index contributed by atoms with van der Waals surface area (Å²) in [7, 11) is 0. The molecule has 0 saturated carbocycles. The summed E-state index contributed by atoms with van der Waals surface area (Å²) in [5.41, 5.74) is 4.79. The number of hydrazine groups is 1. The van der Waals surface area contributed by atoms with Crippen molar-refractivity contribution in [2.24, 2.45) is 0 Å². The number of hydrogen-bond acceptors (Lipinski definition) is 2. The minimum absolute atomic E-state index is 0.0161. The van der Waals surface area contributed by atoms with Gasteiger partial charge in [-0.1, -0.05) is 70.0 Å². The molecule has 2 aromatic carbocycles. The number of carbonyl (C=O) groups excluding carboxylic acids is 2. The molecule has 0 aliphatic heterocycles. The summed E-state index contributed by atoms with van der Waals surface area (Å²) >= 11 is 6.15. The van der Waals surface area contributed by atoms with Gasteiger partial charge in [0.25, 0.3) is 11.8 Å². The van der Waals surface area contributed by atoms with Gasteiger partial charge in [-0.25, -0.2) is 5.01 Å². The summed E-state index contributed by atoms with van der Waals surface area (Å²) in [4.78, 5) is 25.5. The fourth-order valence-electron chi connectivity index (χ4n) is 2.61. The summed E-state index contributed by atoms with van der Waals surface area (Å²) in [6.07, 6.45) is 1.68. The van der Waals surface area contributed by atoms with E-state index in [1.54, 1.807) is 36.4 Å². The number of hydrogen-bond donors (Lipinski definition) is 1. The zero-order valence-corrected chi connectivity index (χ0v) is 17.1. The molecule has 27 heavy (non-hydrogen) atoms. The Labute approximate surface area is 166 Å². The fourth-order valence-corrected chi connectivity index (χ4v) is 2.83. The maximum atomic E-state index is 12.9. The van der Waals surface area contributed by atoms with Crippen LogP contribution in [0.1, 0.15) is 66.8 Å². The first kappa shape index (κ1) is 21.0. The highest BCUT2D eigenvalue weighted by Gasteiger charge is 2.21. The van der Waals surface area contributed by atoms with Gasteiger partial charge in [0.15, 0.2) is 0 Å². The molecule has 0 fully saturated rings. The highest BCUT2D eigenvalue weighted by molar-refractivity contribution is 6.33. The lowest BCUT2D eigenvalue weighted by Crippen LogP contribution is -2.46. The molecule has 2 aromatic rings. The van der Waals surface area contributed by atoms with Crippen LogP contribution in [-0.2, 0) is 5.41 Å². The maximum Gasteiger partial charge on any atom is 0.273 e. The molecule has 0 aromatic heterocycles. The van der Waals surface area contributed by atoms with Crippen molar-refractivity contribution in [3.63, 3.8) is 0 Å². The van der Waals surface area contributed by atoms with Gasteiger partial charge >= 0.3 is 0 Å². The molecule has 0 unspecified atom stereocenters. The molecule has 0 atom stereocenters. The number of rotatable bonds is 5. The zero-order valence-electron chi connectivity index (χ0n) is 16.4. The summed E-state index contributed by atoms with van der Waals surface area (Å²) in [5, 5.41) is 1.72. The van der Waals surface area contributed by atoms with E-state index in [1.807, 2.05) is 19.1 Å². The van der Waals surface area contributed by atoms with Gasteiger partial charge in [-0.2, -0.15) is 0 Å². The number of unbranched alkanes of at least 4 members (excludes halogenated alkanes) is 1. The van der Waals surface area contributed by atoms with Crippen LogP contribution in [0.4, 0.5) is 0 Å². The van der Waals surface area contributed by atoms with Crippen LogP contribution in [0.2, 0.25) is 5.02 Å². The molecule has 0 aliphatic rings. The van der Waals surface area contributed by atoms with Gasteiger partial charge < -0.3 is 0 Å². The molecular weight excluding hydrogens is 360 g/mol. The Kier molecular flexibility index (Phi) is 7.03. The van der Waals surface area contributed by atoms with E-state index in [0.29, 0.717) is 22.7 Å². The van der Waals surface area contributed by atoms with Gasteiger partial charge in [0, 0.05) is 12.1 Å². The van der Waals surface area contributed by atoms with E-state index in [-0.39, 0.29) is 17.2 Å². The topological polar surface area (TPSA) is 49.4 Å². The molecule has 1 N–H and O–H groups in total. The summed E-state index contributed by atoms with van der Waals surface area (Å²) in [6, 6.07) is 14.3. The second kappa shape index (κ2) is 9.05. The molecule has 144 valence electrons. The Hall–Kier alpha value is -2.33. The van der Waals surface area contributed by atoms with E-state index in [0.717, 1.165) is 18.4 Å². The van der Waals surface area contributed by atoms with Gasteiger partial charge in [-0.3, -0.25) is 15.0 Å². The maximum absolute atomic E-state index is 12.9. The van der Waals surface area contributed by atoms with Gasteiger partial charge in [0.1, 0.15) is 0 Å². The van der Waals surface area contributed by atoms with Gasteiger partial charge in [-0.15, -0.1) is 0 Å². The number of nitrogens with zero attached hydrogens (tertiary/aromatic N) is 1. The molecule has 5 heteroatoms. The normalized spacial score (nSPS) is 11.1. The lowest BCUT2D eigenvalue weighted by atomic mass is 9.87. The van der Waals surface area contributed by atoms with Crippen molar-refractivity contribution in [3.8, 4) is 0 Å². The fraction of sp³-hybridized carbons (Fsp3) is 0.364. The molecule has 0 aliphatic carbocycles. The molecule has 0 heterocycles. The van der Waals surface area contributed by atoms with Crippen molar-refractivity contribution in [2.45, 2.75) is 46.0 Å². The van der Waals surface area contributed by atoms with Crippen LogP contribution in [0.25, 0.3) is 0 Å². The van der Waals surface area contributed by atoms with Crippen molar-refractivity contribution >= 4 is 23.4 Å². The van der Waals surface area contributed by atoms with Crippen LogP contribution in [-0.4, -0.2) is 23.4 Å². The van der Waals surface area contributed by atoms with Crippen LogP contribution in [0, 0.1) is 0 Å². The molecule has 4 nitrogen and oxygen atoms in total. The zero-order chi connectivity index (χ0) is 20.0. The lowest BCUT2D eigenvalue weighted by molar-refractivity contribution is 0.0580. The van der Waals surface area contributed by atoms with Crippen molar-refractivity contribution in [2.75, 3.05) is 6.54 Å². The van der Waals surface area contributed by atoms with Crippen LogP contribution in [0.5, 0.6) is 0 Å². The highest BCUT2D eigenvalue weighted by atomic mass is 35.5. The van der Waals surface area contributed by atoms with Gasteiger partial charge in [0.05, 0.1) is 10.6 Å². The number of benzene rings is 2. The largest absolute Gasteiger partial charge is 0.273 e. The smallest absolute Gasteiger partial charge is 0.267 e. The second-order valence-corrected chi connectivity index (χ2v) is 7.97. The molecule has 0 saturated heterocycles. The SMILES string of the molecule is CCCCN(NC(=O)c1ccc(C(C)(C)C)cc1)C(=O)c1ccccc1Cl. The predicted molar refractivity (Wildman–Crippen MR) is 110 cm³/mol. The van der Waals surface area contributed by atoms with E-state index >= 15 is 0 Å². The van der Waals surface area contributed by atoms with Crippen molar-refractivity contribution in [3.05, 3.63) is 70.2 Å². The first-order valence-electron chi connectivity index (χ1n) is 9.22. The summed E-state index contributed by atoms with van der Waals surface area (Å²) in [5.74, 6) is -0.624. The number of carbonyl (C=O) groups is 2. The van der Waals surface area contributed by atoms with Gasteiger partial charge in [0.2, 0.25) is 0 Å². The van der Waals surface area contributed by atoms with Crippen LogP contribution in [0.15, 0.2) is 48.5 Å². The number of nitrogens with one attached hydrogen (secondary N) is 1. The van der Waals surface area contributed by atoms with E-state index in [2.05, 4.69) is 26.2 Å². The highest BCUT2D eigenvalue weighted by Crippen LogP contribution is 2.22. The quantitative estimate of drug-likeness (QED) is 0.715. The van der Waals surface area contributed by atoms with Crippen LogP contribution in [0.3, 0.4) is 0 Å². The predicted octanol–water partition coefficient (Wildman–Crippen LogP) is 5.22. The molecular formula is C22H27ClN2O2.